The second kappa shape index (κ2) is 6.48. The molecule has 0 saturated carbocycles. The van der Waals surface area contributed by atoms with E-state index >= 15 is 0 Å². The van der Waals surface area contributed by atoms with Gasteiger partial charge in [0, 0.05) is 18.0 Å². The first-order valence-corrected chi connectivity index (χ1v) is 5.37. The minimum Gasteiger partial charge on any atom is -0.396 e. The minimum absolute atomic E-state index is 0.112. The second-order valence-corrected chi connectivity index (χ2v) is 3.69. The number of aliphatic hydroxyl groups excluding tert-OH is 1. The van der Waals surface area contributed by atoms with E-state index in [0.29, 0.717) is 23.4 Å². The number of hydrogen-bond acceptors (Lipinski definition) is 3. The summed E-state index contributed by atoms with van der Waals surface area (Å²) in [5.41, 5.74) is 0.588. The fourth-order valence-corrected chi connectivity index (χ4v) is 1.46. The number of unbranched alkanes of at least 4 members (excludes halogenated alkanes) is 1. The predicted molar refractivity (Wildman–Crippen MR) is 62.3 cm³/mol. The Bertz CT molecular complexity index is 328. The Hall–Kier alpha value is -1.00. The lowest BCUT2D eigenvalue weighted by atomic mass is 10.2. The number of aliphatic hydroxyl groups is 1. The highest BCUT2D eigenvalue weighted by Crippen LogP contribution is 2.12. The minimum atomic E-state index is -0.112. The molecule has 0 bridgehead atoms. The van der Waals surface area contributed by atoms with E-state index in [1.165, 1.54) is 0 Å². The van der Waals surface area contributed by atoms with Crippen molar-refractivity contribution in [3.8, 4) is 0 Å². The van der Waals surface area contributed by atoms with Gasteiger partial charge in [0.05, 0.1) is 5.56 Å². The number of carbonyl (C=O) groups excluding carboxylic acids is 1. The maximum absolute atomic E-state index is 11.6. The van der Waals surface area contributed by atoms with Crippen molar-refractivity contribution in [3.63, 3.8) is 0 Å². The number of amides is 1. The molecule has 1 aromatic carbocycles. The molecule has 0 aromatic heterocycles. The average molecular weight is 225 g/mol. The van der Waals surface area contributed by atoms with Gasteiger partial charge in [-0.15, -0.1) is 12.6 Å². The number of hydrogen-bond donors (Lipinski definition) is 3. The van der Waals surface area contributed by atoms with E-state index in [9.17, 15) is 4.79 Å². The highest BCUT2D eigenvalue weighted by atomic mass is 32.1. The average Bonchev–Trinajstić information content (AvgIpc) is 2.25. The summed E-state index contributed by atoms with van der Waals surface area (Å²) in [5.74, 6) is -0.112. The van der Waals surface area contributed by atoms with Crippen LogP contribution in [-0.4, -0.2) is 24.2 Å². The summed E-state index contributed by atoms with van der Waals surface area (Å²) in [6, 6.07) is 7.17. The molecule has 2 N–H and O–H groups in total. The molecule has 1 rings (SSSR count). The van der Waals surface area contributed by atoms with Crippen LogP contribution in [0, 0.1) is 0 Å². The van der Waals surface area contributed by atoms with Gasteiger partial charge in [0.1, 0.15) is 0 Å². The summed E-state index contributed by atoms with van der Waals surface area (Å²) in [6.45, 7) is 0.751. The van der Waals surface area contributed by atoms with E-state index in [0.717, 1.165) is 6.42 Å². The largest absolute Gasteiger partial charge is 0.396 e. The maximum Gasteiger partial charge on any atom is 0.252 e. The Labute approximate surface area is 94.9 Å². The standard InChI is InChI=1S/C11H15NO2S/c13-8-4-3-7-12-11(14)9-5-1-2-6-10(9)15/h1-2,5-6,13,15H,3-4,7-8H2,(H,12,14). The summed E-state index contributed by atoms with van der Waals surface area (Å²) < 4.78 is 0. The second-order valence-electron chi connectivity index (χ2n) is 3.20. The number of nitrogens with one attached hydrogen (secondary N) is 1. The summed E-state index contributed by atoms with van der Waals surface area (Å²) >= 11 is 4.20. The molecule has 0 unspecified atom stereocenters. The third kappa shape index (κ3) is 3.93. The fraction of sp³-hybridized carbons (Fsp3) is 0.364. The molecule has 0 atom stereocenters. The van der Waals surface area contributed by atoms with Gasteiger partial charge in [-0.1, -0.05) is 12.1 Å². The van der Waals surface area contributed by atoms with Crippen molar-refractivity contribution in [2.45, 2.75) is 17.7 Å². The number of thiol groups is 1. The van der Waals surface area contributed by atoms with Gasteiger partial charge in [0.2, 0.25) is 0 Å². The number of benzene rings is 1. The Kier molecular flexibility index (Phi) is 5.21. The van der Waals surface area contributed by atoms with E-state index in [1.807, 2.05) is 12.1 Å². The van der Waals surface area contributed by atoms with Crippen LogP contribution in [0.5, 0.6) is 0 Å². The molecule has 0 fully saturated rings. The SMILES string of the molecule is O=C(NCCCCO)c1ccccc1S. The first-order valence-electron chi connectivity index (χ1n) is 4.92. The van der Waals surface area contributed by atoms with Crippen molar-refractivity contribution in [1.29, 1.82) is 0 Å². The molecule has 1 amide bonds. The molecule has 0 saturated heterocycles. The van der Waals surface area contributed by atoms with Crippen LogP contribution >= 0.6 is 12.6 Å². The molecule has 4 heteroatoms. The monoisotopic (exact) mass is 225 g/mol. The van der Waals surface area contributed by atoms with Gasteiger partial charge >= 0.3 is 0 Å². The van der Waals surface area contributed by atoms with Crippen LogP contribution < -0.4 is 5.32 Å². The Morgan fingerprint density at radius 2 is 2.07 bits per heavy atom. The molecule has 3 nitrogen and oxygen atoms in total. The van der Waals surface area contributed by atoms with Crippen LogP contribution in [0.25, 0.3) is 0 Å². The smallest absolute Gasteiger partial charge is 0.252 e. The van der Waals surface area contributed by atoms with Crippen LogP contribution in [0.1, 0.15) is 23.2 Å². The van der Waals surface area contributed by atoms with Crippen LogP contribution in [-0.2, 0) is 0 Å². The van der Waals surface area contributed by atoms with Crippen LogP contribution in [0.4, 0.5) is 0 Å². The Morgan fingerprint density at radius 1 is 1.33 bits per heavy atom. The van der Waals surface area contributed by atoms with E-state index in [-0.39, 0.29) is 12.5 Å². The first-order chi connectivity index (χ1) is 7.25. The van der Waals surface area contributed by atoms with Gasteiger partial charge in [-0.25, -0.2) is 0 Å². The van der Waals surface area contributed by atoms with Crippen molar-refractivity contribution in [1.82, 2.24) is 5.32 Å². The first kappa shape index (κ1) is 12.1. The van der Waals surface area contributed by atoms with Crippen LogP contribution in [0.3, 0.4) is 0 Å². The van der Waals surface area contributed by atoms with E-state index in [4.69, 9.17) is 5.11 Å². The molecular formula is C11H15NO2S. The summed E-state index contributed by atoms with van der Waals surface area (Å²) in [4.78, 5) is 12.3. The van der Waals surface area contributed by atoms with Gasteiger partial charge in [-0.3, -0.25) is 4.79 Å². The zero-order valence-corrected chi connectivity index (χ0v) is 9.33. The third-order valence-corrected chi connectivity index (χ3v) is 2.41. The highest BCUT2D eigenvalue weighted by Gasteiger charge is 2.06. The molecule has 0 radical (unpaired) electrons. The molecule has 0 heterocycles. The van der Waals surface area contributed by atoms with Crippen molar-refractivity contribution in [2.24, 2.45) is 0 Å². The van der Waals surface area contributed by atoms with Crippen molar-refractivity contribution >= 4 is 18.5 Å². The lowest BCUT2D eigenvalue weighted by molar-refractivity contribution is 0.0949. The summed E-state index contributed by atoms with van der Waals surface area (Å²) in [6.07, 6.45) is 1.50. The van der Waals surface area contributed by atoms with Crippen LogP contribution in [0.2, 0.25) is 0 Å². The summed E-state index contributed by atoms with van der Waals surface area (Å²) in [5, 5.41) is 11.3. The molecule has 0 aliphatic rings. The van der Waals surface area contributed by atoms with E-state index in [2.05, 4.69) is 17.9 Å². The topological polar surface area (TPSA) is 49.3 Å². The molecule has 0 aliphatic carbocycles. The van der Waals surface area contributed by atoms with Crippen molar-refractivity contribution in [3.05, 3.63) is 29.8 Å². The zero-order valence-electron chi connectivity index (χ0n) is 8.44. The van der Waals surface area contributed by atoms with Gasteiger partial charge in [0.15, 0.2) is 0 Å². The Balaban J connectivity index is 2.44. The van der Waals surface area contributed by atoms with Gasteiger partial charge < -0.3 is 10.4 Å². The number of carbonyl (C=O) groups is 1. The maximum atomic E-state index is 11.6. The van der Waals surface area contributed by atoms with E-state index < -0.39 is 0 Å². The predicted octanol–water partition coefficient (Wildman–Crippen LogP) is 1.48. The molecule has 15 heavy (non-hydrogen) atoms. The molecule has 0 spiro atoms. The molecular weight excluding hydrogens is 210 g/mol. The number of rotatable bonds is 5. The molecule has 1 aromatic rings. The Morgan fingerprint density at radius 3 is 2.73 bits per heavy atom. The van der Waals surface area contributed by atoms with Crippen LogP contribution in [0.15, 0.2) is 29.2 Å². The fourth-order valence-electron chi connectivity index (χ4n) is 1.20. The normalized spacial score (nSPS) is 10.0. The van der Waals surface area contributed by atoms with Gasteiger partial charge in [-0.05, 0) is 25.0 Å². The summed E-state index contributed by atoms with van der Waals surface area (Å²) in [7, 11) is 0. The third-order valence-electron chi connectivity index (χ3n) is 2.02. The highest BCUT2D eigenvalue weighted by molar-refractivity contribution is 7.80. The molecule has 82 valence electrons. The van der Waals surface area contributed by atoms with Gasteiger partial charge in [-0.2, -0.15) is 0 Å². The van der Waals surface area contributed by atoms with Crippen molar-refractivity contribution < 1.29 is 9.90 Å². The quantitative estimate of drug-likeness (QED) is 0.525. The lowest BCUT2D eigenvalue weighted by Gasteiger charge is -2.06. The van der Waals surface area contributed by atoms with E-state index in [1.54, 1.807) is 12.1 Å². The van der Waals surface area contributed by atoms with Crippen molar-refractivity contribution in [2.75, 3.05) is 13.2 Å². The molecule has 0 aliphatic heterocycles. The zero-order chi connectivity index (χ0) is 11.1. The van der Waals surface area contributed by atoms with Gasteiger partial charge in [0.25, 0.3) is 5.91 Å². The lowest BCUT2D eigenvalue weighted by Crippen LogP contribution is -2.24.